The summed E-state index contributed by atoms with van der Waals surface area (Å²) in [5, 5.41) is 4.90. The van der Waals surface area contributed by atoms with Crippen molar-refractivity contribution < 1.29 is 32.8 Å². The third-order valence-electron chi connectivity index (χ3n) is 3.71. The molecule has 1 aromatic rings. The fourth-order valence-electron chi connectivity index (χ4n) is 2.10. The van der Waals surface area contributed by atoms with Crippen LogP contribution in [-0.2, 0) is 36.6 Å². The molecule has 168 valence electrons. The largest absolute Gasteiger partial charge is 0.468 e. The van der Waals surface area contributed by atoms with E-state index in [0.29, 0.717) is 0 Å². The van der Waals surface area contributed by atoms with Gasteiger partial charge in [-0.1, -0.05) is 43.7 Å². The van der Waals surface area contributed by atoms with Crippen LogP contribution in [0.5, 0.6) is 0 Å². The van der Waals surface area contributed by atoms with Crippen LogP contribution in [0, 0.1) is 0 Å². The lowest BCUT2D eigenvalue weighted by Crippen LogP contribution is -2.48. The van der Waals surface area contributed by atoms with Crippen molar-refractivity contribution >= 4 is 29.1 Å². The van der Waals surface area contributed by atoms with Gasteiger partial charge in [0.2, 0.25) is 0 Å². The number of ether oxygens (including phenoxy) is 3. The summed E-state index contributed by atoms with van der Waals surface area (Å²) < 4.78 is 29.3. The molecule has 0 saturated carbocycles. The average molecular weight is 444 g/mol. The molecule has 2 atom stereocenters. The molecule has 0 saturated heterocycles. The number of unbranched alkanes of at least 4 members (excludes halogenated alkanes) is 1. The van der Waals surface area contributed by atoms with Crippen molar-refractivity contribution in [3.63, 3.8) is 0 Å². The highest BCUT2D eigenvalue weighted by atomic mass is 32.2. The number of nitrogens with one attached hydrogen (secondary N) is 3. The quantitative estimate of drug-likeness (QED) is 0.237. The molecule has 0 spiro atoms. The summed E-state index contributed by atoms with van der Waals surface area (Å²) in [6.45, 7) is 2.27. The van der Waals surface area contributed by atoms with E-state index in [9.17, 15) is 18.6 Å². The third-order valence-corrected chi connectivity index (χ3v) is 4.83. The number of hydrogen-bond acceptors (Lipinski definition) is 7. The molecule has 10 nitrogen and oxygen atoms in total. The molecule has 0 aliphatic carbocycles. The van der Waals surface area contributed by atoms with Crippen LogP contribution in [0.4, 0.5) is 9.59 Å². The number of amides is 2. The second kappa shape index (κ2) is 15.2. The SMILES string of the molecule is CCCCOC(=O)NC[C@H](NS(=O)CCNC(=O)OCc1ccccc1)C(=O)OC. The molecule has 0 radical (unpaired) electrons. The van der Waals surface area contributed by atoms with Crippen molar-refractivity contribution in [2.45, 2.75) is 32.4 Å². The highest BCUT2D eigenvalue weighted by molar-refractivity contribution is 7.83. The van der Waals surface area contributed by atoms with E-state index in [0.717, 1.165) is 18.4 Å². The predicted octanol–water partition coefficient (Wildman–Crippen LogP) is 1.23. The molecule has 0 fully saturated rings. The van der Waals surface area contributed by atoms with Gasteiger partial charge in [0.1, 0.15) is 12.6 Å². The zero-order valence-corrected chi connectivity index (χ0v) is 18.0. The van der Waals surface area contributed by atoms with E-state index in [4.69, 9.17) is 9.47 Å². The molecule has 0 aromatic heterocycles. The fourth-order valence-corrected chi connectivity index (χ4v) is 3.00. The van der Waals surface area contributed by atoms with Crippen LogP contribution in [0.3, 0.4) is 0 Å². The zero-order valence-electron chi connectivity index (χ0n) is 17.2. The normalized spacial score (nSPS) is 12.3. The standard InChI is InChI=1S/C19H29N3O7S/c1-3-4-11-28-19(25)21-13-16(17(23)27-2)22-30(26)12-10-20-18(24)29-14-15-8-6-5-7-9-15/h5-9,16,22H,3-4,10-14H2,1-2H3,(H,20,24)(H,21,25)/t16-,30?/m0/s1. The van der Waals surface area contributed by atoms with Crippen LogP contribution in [0.25, 0.3) is 0 Å². The Bertz CT molecular complexity index is 688. The first-order valence-corrected chi connectivity index (χ1v) is 10.9. The van der Waals surface area contributed by atoms with Crippen molar-refractivity contribution in [2.24, 2.45) is 0 Å². The molecule has 0 aliphatic heterocycles. The van der Waals surface area contributed by atoms with Gasteiger partial charge in [0.05, 0.1) is 30.5 Å². The number of benzene rings is 1. The van der Waals surface area contributed by atoms with Crippen LogP contribution >= 0.6 is 0 Å². The number of alkyl carbamates (subject to hydrolysis) is 2. The number of carbonyl (C=O) groups is 3. The van der Waals surface area contributed by atoms with Crippen LogP contribution in [0.15, 0.2) is 30.3 Å². The van der Waals surface area contributed by atoms with E-state index in [1.807, 2.05) is 37.3 Å². The van der Waals surface area contributed by atoms with Gasteiger partial charge in [-0.25, -0.2) is 18.5 Å². The summed E-state index contributed by atoms with van der Waals surface area (Å²) in [7, 11) is -0.479. The molecule has 0 aliphatic rings. The minimum Gasteiger partial charge on any atom is -0.468 e. The monoisotopic (exact) mass is 443 g/mol. The predicted molar refractivity (Wildman–Crippen MR) is 111 cm³/mol. The first kappa shape index (κ1) is 25.4. The van der Waals surface area contributed by atoms with E-state index < -0.39 is 35.2 Å². The Morgan fingerprint density at radius 2 is 1.77 bits per heavy atom. The zero-order chi connectivity index (χ0) is 22.2. The molecule has 1 aromatic carbocycles. The third kappa shape index (κ3) is 11.4. The Balaban J connectivity index is 2.31. The maximum Gasteiger partial charge on any atom is 0.407 e. The summed E-state index contributed by atoms with van der Waals surface area (Å²) in [6.07, 6.45) is 0.299. The molecule has 1 unspecified atom stereocenters. The molecule has 11 heteroatoms. The maximum absolute atomic E-state index is 12.1. The number of carbonyl (C=O) groups excluding carboxylic acids is 3. The summed E-state index contributed by atoms with van der Waals surface area (Å²) >= 11 is 0. The molecular formula is C19H29N3O7S. The van der Waals surface area contributed by atoms with Crippen LogP contribution < -0.4 is 15.4 Å². The second-order valence-electron chi connectivity index (χ2n) is 6.10. The smallest absolute Gasteiger partial charge is 0.407 e. The van der Waals surface area contributed by atoms with Crippen LogP contribution in [0.2, 0.25) is 0 Å². The van der Waals surface area contributed by atoms with Crippen molar-refractivity contribution in [2.75, 3.05) is 32.6 Å². The van der Waals surface area contributed by atoms with Gasteiger partial charge in [-0.3, -0.25) is 4.79 Å². The Kier molecular flexibility index (Phi) is 12.9. The van der Waals surface area contributed by atoms with E-state index in [1.165, 1.54) is 7.11 Å². The molecule has 2 amide bonds. The summed E-state index contributed by atoms with van der Waals surface area (Å²) in [5.74, 6) is -0.665. The minimum atomic E-state index is -1.66. The molecule has 0 bridgehead atoms. The average Bonchev–Trinajstić information content (AvgIpc) is 2.75. The van der Waals surface area contributed by atoms with Crippen molar-refractivity contribution in [3.8, 4) is 0 Å². The van der Waals surface area contributed by atoms with Gasteiger partial charge in [0, 0.05) is 13.1 Å². The van der Waals surface area contributed by atoms with Gasteiger partial charge in [-0.15, -0.1) is 0 Å². The lowest BCUT2D eigenvalue weighted by Gasteiger charge is -2.16. The summed E-state index contributed by atoms with van der Waals surface area (Å²) in [4.78, 5) is 35.1. The molecule has 3 N–H and O–H groups in total. The van der Waals surface area contributed by atoms with E-state index in [1.54, 1.807) is 0 Å². The number of esters is 1. The lowest BCUT2D eigenvalue weighted by atomic mass is 10.2. The number of methoxy groups -OCH3 is 1. The maximum atomic E-state index is 12.1. The Morgan fingerprint density at radius 3 is 2.43 bits per heavy atom. The van der Waals surface area contributed by atoms with Gasteiger partial charge in [0.15, 0.2) is 0 Å². The van der Waals surface area contributed by atoms with Crippen LogP contribution in [-0.4, -0.2) is 61.0 Å². The van der Waals surface area contributed by atoms with Crippen molar-refractivity contribution in [3.05, 3.63) is 35.9 Å². The fraction of sp³-hybridized carbons (Fsp3) is 0.526. The van der Waals surface area contributed by atoms with Gasteiger partial charge in [-0.05, 0) is 12.0 Å². The van der Waals surface area contributed by atoms with Crippen molar-refractivity contribution in [1.82, 2.24) is 15.4 Å². The molecule has 30 heavy (non-hydrogen) atoms. The van der Waals surface area contributed by atoms with Gasteiger partial charge < -0.3 is 24.8 Å². The Labute approximate surface area is 178 Å². The number of rotatable bonds is 13. The first-order chi connectivity index (χ1) is 14.5. The van der Waals surface area contributed by atoms with Crippen LogP contribution in [0.1, 0.15) is 25.3 Å². The Hall–Kier alpha value is -2.66. The second-order valence-corrected chi connectivity index (χ2v) is 7.44. The van der Waals surface area contributed by atoms with E-state index in [-0.39, 0.29) is 32.1 Å². The van der Waals surface area contributed by atoms with Gasteiger partial charge in [-0.2, -0.15) is 0 Å². The molecule has 0 heterocycles. The van der Waals surface area contributed by atoms with E-state index in [2.05, 4.69) is 20.1 Å². The highest BCUT2D eigenvalue weighted by Crippen LogP contribution is 2.00. The van der Waals surface area contributed by atoms with Crippen molar-refractivity contribution in [1.29, 1.82) is 0 Å². The summed E-state index contributed by atoms with van der Waals surface area (Å²) in [5.41, 5.74) is 0.847. The van der Waals surface area contributed by atoms with E-state index >= 15 is 0 Å². The lowest BCUT2D eigenvalue weighted by molar-refractivity contribution is -0.142. The Morgan fingerprint density at radius 1 is 1.07 bits per heavy atom. The molecule has 1 rings (SSSR count). The summed E-state index contributed by atoms with van der Waals surface area (Å²) in [6, 6.07) is 8.16. The first-order valence-electron chi connectivity index (χ1n) is 9.53. The van der Waals surface area contributed by atoms with Gasteiger partial charge >= 0.3 is 18.2 Å². The topological polar surface area (TPSA) is 132 Å². The number of hydrogen-bond donors (Lipinski definition) is 3. The molecular weight excluding hydrogens is 414 g/mol. The minimum absolute atomic E-state index is 0.0227. The van der Waals surface area contributed by atoms with Gasteiger partial charge in [0.25, 0.3) is 0 Å². The highest BCUT2D eigenvalue weighted by Gasteiger charge is 2.22.